The van der Waals surface area contributed by atoms with Gasteiger partial charge in [0.15, 0.2) is 0 Å². The van der Waals surface area contributed by atoms with Gasteiger partial charge in [0.05, 0.1) is 12.6 Å². The number of hydrogen-bond acceptors (Lipinski definition) is 4. The highest BCUT2D eigenvalue weighted by Crippen LogP contribution is 2.06. The van der Waals surface area contributed by atoms with Gasteiger partial charge in [-0.2, -0.15) is 0 Å². The summed E-state index contributed by atoms with van der Waals surface area (Å²) in [5.41, 5.74) is 6.77. The molecule has 4 N–H and O–H groups in total. The Bertz CT molecular complexity index is 517. The Morgan fingerprint density at radius 3 is 2.39 bits per heavy atom. The fourth-order valence-corrected chi connectivity index (χ4v) is 2.22. The van der Waals surface area contributed by atoms with Gasteiger partial charge in [-0.1, -0.05) is 44.2 Å². The molecule has 0 unspecified atom stereocenters. The van der Waals surface area contributed by atoms with Gasteiger partial charge in [0.1, 0.15) is 12.3 Å². The molecule has 23 heavy (non-hydrogen) atoms. The summed E-state index contributed by atoms with van der Waals surface area (Å²) in [7, 11) is 0. The van der Waals surface area contributed by atoms with Gasteiger partial charge >= 0.3 is 0 Å². The molecule has 0 aromatic heterocycles. The van der Waals surface area contributed by atoms with Crippen LogP contribution in [0.25, 0.3) is 0 Å². The summed E-state index contributed by atoms with van der Waals surface area (Å²) in [6.45, 7) is 3.87. The van der Waals surface area contributed by atoms with E-state index in [-0.39, 0.29) is 18.4 Å². The van der Waals surface area contributed by atoms with Gasteiger partial charge in [-0.05, 0) is 17.9 Å². The topological polar surface area (TPSA) is 101 Å². The van der Waals surface area contributed by atoms with Crippen LogP contribution < -0.4 is 16.4 Å². The Balaban J connectivity index is 2.76. The van der Waals surface area contributed by atoms with Crippen molar-refractivity contribution in [2.75, 3.05) is 6.54 Å². The zero-order valence-electron chi connectivity index (χ0n) is 13.6. The molecule has 6 nitrogen and oxygen atoms in total. The number of aldehydes is 1. The second-order valence-electron chi connectivity index (χ2n) is 5.90. The molecule has 0 aliphatic rings. The van der Waals surface area contributed by atoms with Crippen LogP contribution in [-0.2, 0) is 20.8 Å². The van der Waals surface area contributed by atoms with Crippen LogP contribution in [0.4, 0.5) is 0 Å². The number of nitrogens with two attached hydrogens (primary N) is 1. The minimum absolute atomic E-state index is 0.0853. The third kappa shape index (κ3) is 7.06. The number of hydrogen-bond donors (Lipinski definition) is 3. The van der Waals surface area contributed by atoms with Crippen LogP contribution in [0.15, 0.2) is 30.3 Å². The van der Waals surface area contributed by atoms with Crippen molar-refractivity contribution >= 4 is 18.1 Å². The van der Waals surface area contributed by atoms with Crippen molar-refractivity contribution in [3.8, 4) is 0 Å². The molecule has 1 rings (SSSR count). The summed E-state index contributed by atoms with van der Waals surface area (Å²) in [5, 5.41) is 5.16. The zero-order valence-corrected chi connectivity index (χ0v) is 13.6. The summed E-state index contributed by atoms with van der Waals surface area (Å²) in [5.74, 6) is -0.473. The largest absolute Gasteiger partial charge is 0.348 e. The fraction of sp³-hybridized carbons (Fsp3) is 0.471. The predicted octanol–water partition coefficient (Wildman–Crippen LogP) is 0.402. The van der Waals surface area contributed by atoms with Gasteiger partial charge in [-0.15, -0.1) is 0 Å². The molecule has 6 heteroatoms. The molecule has 1 aromatic carbocycles. The normalized spacial score (nSPS) is 13.2. The van der Waals surface area contributed by atoms with Crippen LogP contribution in [0.3, 0.4) is 0 Å². The molecule has 2 atom stereocenters. The SMILES string of the molecule is CC(C)C[C@H](N)C(=O)N[C@@H](Cc1ccccc1)C(=O)NCC=O. The van der Waals surface area contributed by atoms with E-state index in [1.165, 1.54) is 0 Å². The van der Waals surface area contributed by atoms with E-state index in [2.05, 4.69) is 10.6 Å². The van der Waals surface area contributed by atoms with Crippen molar-refractivity contribution in [2.45, 2.75) is 38.8 Å². The number of nitrogens with one attached hydrogen (secondary N) is 2. The van der Waals surface area contributed by atoms with Crippen LogP contribution in [-0.4, -0.2) is 36.7 Å². The van der Waals surface area contributed by atoms with Gasteiger partial charge in [0.2, 0.25) is 11.8 Å². The van der Waals surface area contributed by atoms with E-state index in [9.17, 15) is 14.4 Å². The third-order valence-corrected chi connectivity index (χ3v) is 3.34. The van der Waals surface area contributed by atoms with E-state index in [0.29, 0.717) is 19.1 Å². The molecule has 126 valence electrons. The summed E-state index contributed by atoms with van der Waals surface area (Å²) in [6, 6.07) is 7.93. The molecule has 0 saturated heterocycles. The van der Waals surface area contributed by atoms with Crippen molar-refractivity contribution < 1.29 is 14.4 Å². The molecular formula is C17H25N3O3. The lowest BCUT2D eigenvalue weighted by molar-refractivity contribution is -0.130. The van der Waals surface area contributed by atoms with E-state index in [1.807, 2.05) is 44.2 Å². The second kappa shape index (κ2) is 9.74. The average Bonchev–Trinajstić information content (AvgIpc) is 2.52. The maximum atomic E-state index is 12.2. The van der Waals surface area contributed by atoms with Crippen molar-refractivity contribution in [2.24, 2.45) is 11.7 Å². The molecule has 0 heterocycles. The third-order valence-electron chi connectivity index (χ3n) is 3.34. The first-order chi connectivity index (χ1) is 10.9. The Morgan fingerprint density at radius 1 is 1.17 bits per heavy atom. The fourth-order valence-electron chi connectivity index (χ4n) is 2.22. The monoisotopic (exact) mass is 319 g/mol. The lowest BCUT2D eigenvalue weighted by atomic mass is 10.0. The Labute approximate surface area is 136 Å². The summed E-state index contributed by atoms with van der Waals surface area (Å²) in [6.07, 6.45) is 1.48. The van der Waals surface area contributed by atoms with Crippen LogP contribution in [0.5, 0.6) is 0 Å². The van der Waals surface area contributed by atoms with E-state index in [1.54, 1.807) is 0 Å². The molecule has 0 radical (unpaired) electrons. The highest BCUT2D eigenvalue weighted by atomic mass is 16.2. The van der Waals surface area contributed by atoms with Gasteiger partial charge in [-0.25, -0.2) is 0 Å². The van der Waals surface area contributed by atoms with Gasteiger partial charge in [0, 0.05) is 6.42 Å². The molecule has 1 aromatic rings. The maximum Gasteiger partial charge on any atom is 0.243 e. The first-order valence-electron chi connectivity index (χ1n) is 7.75. The molecule has 2 amide bonds. The zero-order chi connectivity index (χ0) is 17.2. The van der Waals surface area contributed by atoms with Crippen molar-refractivity contribution in [1.29, 1.82) is 0 Å². The predicted molar refractivity (Wildman–Crippen MR) is 88.6 cm³/mol. The highest BCUT2D eigenvalue weighted by Gasteiger charge is 2.24. The first-order valence-corrected chi connectivity index (χ1v) is 7.75. The van der Waals surface area contributed by atoms with Crippen LogP contribution in [0, 0.1) is 5.92 Å². The first kappa shape index (κ1) is 18.8. The van der Waals surface area contributed by atoms with Crippen LogP contribution in [0.1, 0.15) is 25.8 Å². The molecule has 0 bridgehead atoms. The number of amides is 2. The molecule has 0 aliphatic carbocycles. The van der Waals surface area contributed by atoms with Crippen LogP contribution in [0.2, 0.25) is 0 Å². The number of carbonyl (C=O) groups excluding carboxylic acids is 3. The number of benzene rings is 1. The maximum absolute atomic E-state index is 12.2. The van der Waals surface area contributed by atoms with E-state index >= 15 is 0 Å². The minimum Gasteiger partial charge on any atom is -0.348 e. The number of carbonyl (C=O) groups is 3. The van der Waals surface area contributed by atoms with Gasteiger partial charge in [0.25, 0.3) is 0 Å². The summed E-state index contributed by atoms with van der Waals surface area (Å²) >= 11 is 0. The lowest BCUT2D eigenvalue weighted by Crippen LogP contribution is -2.53. The molecule has 0 aliphatic heterocycles. The smallest absolute Gasteiger partial charge is 0.243 e. The van der Waals surface area contributed by atoms with Crippen molar-refractivity contribution in [3.05, 3.63) is 35.9 Å². The molecular weight excluding hydrogens is 294 g/mol. The Kier molecular flexibility index (Phi) is 7.97. The lowest BCUT2D eigenvalue weighted by Gasteiger charge is -2.21. The van der Waals surface area contributed by atoms with E-state index < -0.39 is 18.0 Å². The second-order valence-corrected chi connectivity index (χ2v) is 5.90. The van der Waals surface area contributed by atoms with E-state index in [0.717, 1.165) is 5.56 Å². The van der Waals surface area contributed by atoms with Crippen molar-refractivity contribution in [3.63, 3.8) is 0 Å². The summed E-state index contributed by atoms with van der Waals surface area (Å²) in [4.78, 5) is 34.8. The molecule has 0 saturated carbocycles. The Hall–Kier alpha value is -2.21. The molecule has 0 fully saturated rings. The minimum atomic E-state index is -0.761. The highest BCUT2D eigenvalue weighted by molar-refractivity contribution is 5.90. The summed E-state index contributed by atoms with van der Waals surface area (Å²) < 4.78 is 0. The van der Waals surface area contributed by atoms with Crippen molar-refractivity contribution in [1.82, 2.24) is 10.6 Å². The Morgan fingerprint density at radius 2 is 1.83 bits per heavy atom. The van der Waals surface area contributed by atoms with Gasteiger partial charge in [-0.3, -0.25) is 9.59 Å². The quantitative estimate of drug-likeness (QED) is 0.574. The molecule has 0 spiro atoms. The van der Waals surface area contributed by atoms with Crippen LogP contribution >= 0.6 is 0 Å². The standard InChI is InChI=1S/C17H25N3O3/c1-12(2)10-14(18)16(22)20-15(17(23)19-8-9-21)11-13-6-4-3-5-7-13/h3-7,9,12,14-15H,8,10-11,18H2,1-2H3,(H,19,23)(H,20,22)/t14-,15-/m0/s1. The van der Waals surface area contributed by atoms with Gasteiger partial charge < -0.3 is 21.2 Å². The average molecular weight is 319 g/mol. The van der Waals surface area contributed by atoms with E-state index in [4.69, 9.17) is 5.73 Å². The number of rotatable bonds is 9.